The number of hydrogen-bond donors (Lipinski definition) is 0. The lowest BCUT2D eigenvalue weighted by Crippen LogP contribution is -1.90. The molecule has 1 heteroatoms. The second kappa shape index (κ2) is 4.74. The molecule has 2 aromatic carbocycles. The lowest BCUT2D eigenvalue weighted by atomic mass is 10.0. The Kier molecular flexibility index (Phi) is 3.13. The first kappa shape index (κ1) is 9.91. The molecule has 0 amide bonds. The molecule has 0 saturated carbocycles. The molecule has 2 rings (SSSR count). The van der Waals surface area contributed by atoms with E-state index < -0.39 is 0 Å². The van der Waals surface area contributed by atoms with Crippen LogP contribution in [0.2, 0.25) is 0 Å². The highest BCUT2D eigenvalue weighted by Gasteiger charge is 1.95. The van der Waals surface area contributed by atoms with Gasteiger partial charge in [0.2, 0.25) is 0 Å². The predicted octanol–water partition coefficient (Wildman–Crippen LogP) is 3.41. The Labute approximate surface area is 89.4 Å². The third-order valence-electron chi connectivity index (χ3n) is 2.39. The summed E-state index contributed by atoms with van der Waals surface area (Å²) in [6, 6.07) is 17.7. The van der Waals surface area contributed by atoms with Gasteiger partial charge in [-0.05, 0) is 42.2 Å². The lowest BCUT2D eigenvalue weighted by molar-refractivity contribution is 0.627. The first-order valence-corrected chi connectivity index (χ1v) is 5.04. The van der Waals surface area contributed by atoms with Crippen molar-refractivity contribution in [2.45, 2.75) is 12.8 Å². The van der Waals surface area contributed by atoms with E-state index in [1.54, 1.807) is 0 Å². The van der Waals surface area contributed by atoms with Gasteiger partial charge in [0.1, 0.15) is 5.82 Å². The van der Waals surface area contributed by atoms with Crippen molar-refractivity contribution in [3.63, 3.8) is 0 Å². The van der Waals surface area contributed by atoms with E-state index >= 15 is 0 Å². The molecule has 0 atom stereocenters. The van der Waals surface area contributed by atoms with Crippen molar-refractivity contribution < 1.29 is 4.39 Å². The number of aryl methyl sites for hydroxylation is 2. The van der Waals surface area contributed by atoms with Crippen LogP contribution in [0.15, 0.2) is 48.5 Å². The molecule has 0 fully saturated rings. The van der Waals surface area contributed by atoms with Crippen LogP contribution < -0.4 is 0 Å². The van der Waals surface area contributed by atoms with Gasteiger partial charge in [-0.3, -0.25) is 0 Å². The fourth-order valence-corrected chi connectivity index (χ4v) is 1.53. The Morgan fingerprint density at radius 2 is 1.67 bits per heavy atom. The Bertz CT molecular complexity index is 403. The summed E-state index contributed by atoms with van der Waals surface area (Å²) in [6.07, 6.45) is 1.92. The van der Waals surface area contributed by atoms with Gasteiger partial charge in [-0.25, -0.2) is 4.39 Å². The van der Waals surface area contributed by atoms with Gasteiger partial charge in [0, 0.05) is 0 Å². The summed E-state index contributed by atoms with van der Waals surface area (Å²) in [6.45, 7) is 0. The van der Waals surface area contributed by atoms with Crippen LogP contribution >= 0.6 is 0 Å². The second-order valence-electron chi connectivity index (χ2n) is 3.54. The Hall–Kier alpha value is -1.63. The van der Waals surface area contributed by atoms with E-state index in [1.807, 2.05) is 30.3 Å². The van der Waals surface area contributed by atoms with Crippen molar-refractivity contribution in [2.75, 3.05) is 0 Å². The number of rotatable bonds is 3. The molecular formula is C14H12F. The molecule has 0 unspecified atom stereocenters. The van der Waals surface area contributed by atoms with Crippen LogP contribution in [0.5, 0.6) is 0 Å². The highest BCUT2D eigenvalue weighted by Crippen LogP contribution is 2.07. The van der Waals surface area contributed by atoms with E-state index in [0.717, 1.165) is 12.8 Å². The zero-order valence-electron chi connectivity index (χ0n) is 8.41. The Morgan fingerprint density at radius 1 is 0.933 bits per heavy atom. The number of hydrogen-bond acceptors (Lipinski definition) is 0. The highest BCUT2D eigenvalue weighted by atomic mass is 19.1. The molecule has 75 valence electrons. The van der Waals surface area contributed by atoms with E-state index in [-0.39, 0.29) is 5.82 Å². The first-order valence-electron chi connectivity index (χ1n) is 5.04. The van der Waals surface area contributed by atoms with Gasteiger partial charge in [0.05, 0.1) is 0 Å². The summed E-state index contributed by atoms with van der Waals surface area (Å²) in [4.78, 5) is 0. The van der Waals surface area contributed by atoms with Crippen LogP contribution in [-0.2, 0) is 12.8 Å². The Morgan fingerprint density at radius 3 is 2.33 bits per heavy atom. The monoisotopic (exact) mass is 199 g/mol. The molecule has 0 heterocycles. The third kappa shape index (κ3) is 2.91. The maximum Gasteiger partial charge on any atom is 0.123 e. The second-order valence-corrected chi connectivity index (χ2v) is 3.54. The maximum atomic E-state index is 12.6. The zero-order chi connectivity index (χ0) is 10.5. The maximum absolute atomic E-state index is 12.6. The van der Waals surface area contributed by atoms with Crippen molar-refractivity contribution in [3.05, 3.63) is 71.5 Å². The fourth-order valence-electron chi connectivity index (χ4n) is 1.53. The normalized spacial score (nSPS) is 10.2. The number of halogens is 1. The van der Waals surface area contributed by atoms with Gasteiger partial charge in [-0.15, -0.1) is 0 Å². The van der Waals surface area contributed by atoms with Gasteiger partial charge < -0.3 is 0 Å². The molecule has 0 spiro atoms. The smallest absolute Gasteiger partial charge is 0.123 e. The van der Waals surface area contributed by atoms with Crippen molar-refractivity contribution in [1.82, 2.24) is 0 Å². The SMILES string of the molecule is Fc1ccc(CCc2c[c]ccc2)cc1. The minimum absolute atomic E-state index is 0.174. The minimum atomic E-state index is -0.174. The van der Waals surface area contributed by atoms with Gasteiger partial charge in [-0.2, -0.15) is 0 Å². The molecular weight excluding hydrogens is 187 g/mol. The van der Waals surface area contributed by atoms with Crippen LogP contribution in [0.3, 0.4) is 0 Å². The average Bonchev–Trinajstić information content (AvgIpc) is 2.30. The lowest BCUT2D eigenvalue weighted by Gasteiger charge is -2.01. The van der Waals surface area contributed by atoms with E-state index in [9.17, 15) is 4.39 Å². The standard InChI is InChI=1S/C14H12F/c15-14-10-8-13(9-11-14)7-6-12-4-2-1-3-5-12/h1-2,4-5,8-11H,6-7H2. The first-order chi connectivity index (χ1) is 7.34. The molecule has 0 N–H and O–H groups in total. The van der Waals surface area contributed by atoms with Gasteiger partial charge >= 0.3 is 0 Å². The van der Waals surface area contributed by atoms with E-state index in [4.69, 9.17) is 0 Å². The van der Waals surface area contributed by atoms with Crippen LogP contribution in [-0.4, -0.2) is 0 Å². The summed E-state index contributed by atoms with van der Waals surface area (Å²) < 4.78 is 12.6. The predicted molar refractivity (Wildman–Crippen MR) is 59.1 cm³/mol. The van der Waals surface area contributed by atoms with Crippen LogP contribution in [0.4, 0.5) is 4.39 Å². The van der Waals surface area contributed by atoms with Gasteiger partial charge in [0.15, 0.2) is 0 Å². The molecule has 15 heavy (non-hydrogen) atoms. The van der Waals surface area contributed by atoms with Crippen LogP contribution in [0, 0.1) is 11.9 Å². The highest BCUT2D eigenvalue weighted by molar-refractivity contribution is 5.20. The third-order valence-corrected chi connectivity index (χ3v) is 2.39. The molecule has 0 saturated heterocycles. The molecule has 0 nitrogen and oxygen atoms in total. The molecule has 1 radical (unpaired) electrons. The summed E-state index contributed by atoms with van der Waals surface area (Å²) in [5.41, 5.74) is 2.43. The molecule has 0 bridgehead atoms. The molecule has 0 aromatic heterocycles. The van der Waals surface area contributed by atoms with E-state index in [2.05, 4.69) is 12.1 Å². The topological polar surface area (TPSA) is 0 Å². The Balaban J connectivity index is 1.96. The van der Waals surface area contributed by atoms with Gasteiger partial charge in [0.25, 0.3) is 0 Å². The van der Waals surface area contributed by atoms with Crippen LogP contribution in [0.1, 0.15) is 11.1 Å². The van der Waals surface area contributed by atoms with Crippen molar-refractivity contribution >= 4 is 0 Å². The number of benzene rings is 2. The van der Waals surface area contributed by atoms with Crippen molar-refractivity contribution in [2.24, 2.45) is 0 Å². The molecule has 0 aliphatic rings. The van der Waals surface area contributed by atoms with Gasteiger partial charge in [-0.1, -0.05) is 36.4 Å². The average molecular weight is 199 g/mol. The zero-order valence-corrected chi connectivity index (χ0v) is 8.41. The van der Waals surface area contributed by atoms with E-state index in [1.165, 1.54) is 23.3 Å². The fraction of sp³-hybridized carbons (Fsp3) is 0.143. The van der Waals surface area contributed by atoms with Crippen molar-refractivity contribution in [3.8, 4) is 0 Å². The molecule has 0 aliphatic carbocycles. The molecule has 2 aromatic rings. The molecule has 0 aliphatic heterocycles. The minimum Gasteiger partial charge on any atom is -0.207 e. The summed E-state index contributed by atoms with van der Waals surface area (Å²) in [5.74, 6) is -0.174. The summed E-state index contributed by atoms with van der Waals surface area (Å²) in [7, 11) is 0. The van der Waals surface area contributed by atoms with Crippen molar-refractivity contribution in [1.29, 1.82) is 0 Å². The largest absolute Gasteiger partial charge is 0.207 e. The summed E-state index contributed by atoms with van der Waals surface area (Å²) in [5, 5.41) is 0. The van der Waals surface area contributed by atoms with E-state index in [0.29, 0.717) is 0 Å². The quantitative estimate of drug-likeness (QED) is 0.710. The summed E-state index contributed by atoms with van der Waals surface area (Å²) >= 11 is 0. The van der Waals surface area contributed by atoms with Crippen LogP contribution in [0.25, 0.3) is 0 Å².